The van der Waals surface area contributed by atoms with Crippen molar-refractivity contribution in [3.05, 3.63) is 59.3 Å². The summed E-state index contributed by atoms with van der Waals surface area (Å²) in [6, 6.07) is 5.53. The van der Waals surface area contributed by atoms with Crippen LogP contribution in [0.15, 0.2) is 43.0 Å². The molecule has 0 amide bonds. The molecule has 0 spiro atoms. The molecule has 1 fully saturated rings. The zero-order valence-electron chi connectivity index (χ0n) is 15.8. The molecule has 0 aliphatic carbocycles. The number of aromatic nitrogens is 6. The minimum Gasteiger partial charge on any atom is -0.391 e. The van der Waals surface area contributed by atoms with Gasteiger partial charge in [0, 0.05) is 37.6 Å². The van der Waals surface area contributed by atoms with Crippen molar-refractivity contribution in [1.82, 2.24) is 29.5 Å². The highest BCUT2D eigenvalue weighted by atomic mass is 35.5. The molecule has 1 saturated heterocycles. The average molecular weight is 410 g/mol. The van der Waals surface area contributed by atoms with Crippen molar-refractivity contribution in [2.24, 2.45) is 0 Å². The van der Waals surface area contributed by atoms with Crippen LogP contribution in [-0.2, 0) is 0 Å². The molecule has 148 valence electrons. The first kappa shape index (κ1) is 18.1. The van der Waals surface area contributed by atoms with E-state index in [0.29, 0.717) is 23.8 Å². The summed E-state index contributed by atoms with van der Waals surface area (Å²) in [4.78, 5) is 15.7. The molecule has 0 bridgehead atoms. The predicted octanol–water partition coefficient (Wildman–Crippen LogP) is 2.83. The first-order chi connectivity index (χ1) is 14.1. The van der Waals surface area contributed by atoms with Gasteiger partial charge in [0.15, 0.2) is 5.82 Å². The molecule has 8 nitrogen and oxygen atoms in total. The van der Waals surface area contributed by atoms with Gasteiger partial charge in [-0.15, -0.1) is 0 Å². The highest BCUT2D eigenvalue weighted by Gasteiger charge is 2.29. The molecule has 2 unspecified atom stereocenters. The molecule has 0 saturated carbocycles. The zero-order valence-corrected chi connectivity index (χ0v) is 16.6. The number of H-pyrrole nitrogens is 1. The number of imidazole rings is 1. The molecule has 4 aromatic heterocycles. The summed E-state index contributed by atoms with van der Waals surface area (Å²) in [5.41, 5.74) is 3.65. The molecule has 4 aromatic rings. The number of nitrogens with zero attached hydrogens (tertiary/aromatic N) is 6. The fourth-order valence-electron chi connectivity index (χ4n) is 4.03. The number of hydrogen-bond acceptors (Lipinski definition) is 6. The van der Waals surface area contributed by atoms with Gasteiger partial charge < -0.3 is 10.0 Å². The lowest BCUT2D eigenvalue weighted by atomic mass is 9.89. The Morgan fingerprint density at radius 2 is 2.10 bits per heavy atom. The molecular formula is C20H20ClN7O. The Bertz CT molecular complexity index is 1170. The SMILES string of the molecule is Cc1n[nH]cc1C1CC(O)CN(c2ccnc(-c3cnc4ccc(Cl)cn34)n2)C1. The van der Waals surface area contributed by atoms with Gasteiger partial charge in [-0.1, -0.05) is 11.6 Å². The Morgan fingerprint density at radius 3 is 2.93 bits per heavy atom. The Labute approximate surface area is 172 Å². The second-order valence-corrected chi connectivity index (χ2v) is 7.81. The topological polar surface area (TPSA) is 95.2 Å². The predicted molar refractivity (Wildman–Crippen MR) is 110 cm³/mol. The number of piperidine rings is 1. The van der Waals surface area contributed by atoms with Gasteiger partial charge in [0.05, 0.1) is 23.0 Å². The van der Waals surface area contributed by atoms with Crippen LogP contribution in [0, 0.1) is 6.92 Å². The molecule has 2 N–H and O–H groups in total. The number of aliphatic hydroxyl groups is 1. The molecule has 9 heteroatoms. The number of halogens is 1. The van der Waals surface area contributed by atoms with Crippen molar-refractivity contribution < 1.29 is 5.11 Å². The number of aromatic amines is 1. The van der Waals surface area contributed by atoms with E-state index >= 15 is 0 Å². The number of hydrogen-bond donors (Lipinski definition) is 2. The quantitative estimate of drug-likeness (QED) is 0.540. The molecule has 0 aromatic carbocycles. The first-order valence-electron chi connectivity index (χ1n) is 9.48. The van der Waals surface area contributed by atoms with Crippen molar-refractivity contribution in [3.8, 4) is 11.5 Å². The average Bonchev–Trinajstić information content (AvgIpc) is 3.33. The normalized spacial score (nSPS) is 19.8. The van der Waals surface area contributed by atoms with E-state index in [1.807, 2.05) is 29.7 Å². The minimum absolute atomic E-state index is 0.186. The summed E-state index contributed by atoms with van der Waals surface area (Å²) in [5.74, 6) is 1.52. The van der Waals surface area contributed by atoms with Crippen LogP contribution in [0.5, 0.6) is 0 Å². The number of anilines is 1. The molecular weight excluding hydrogens is 390 g/mol. The van der Waals surface area contributed by atoms with Crippen molar-refractivity contribution in [2.45, 2.75) is 25.4 Å². The van der Waals surface area contributed by atoms with E-state index in [-0.39, 0.29) is 5.92 Å². The van der Waals surface area contributed by atoms with Gasteiger partial charge in [0.1, 0.15) is 17.2 Å². The van der Waals surface area contributed by atoms with Gasteiger partial charge in [0.2, 0.25) is 0 Å². The minimum atomic E-state index is -0.434. The van der Waals surface area contributed by atoms with Crippen LogP contribution in [0.25, 0.3) is 17.2 Å². The Kier molecular flexibility index (Phi) is 4.44. The maximum absolute atomic E-state index is 10.5. The van der Waals surface area contributed by atoms with Crippen LogP contribution in [0.2, 0.25) is 5.02 Å². The van der Waals surface area contributed by atoms with Crippen LogP contribution in [-0.4, -0.2) is 53.9 Å². The lowest BCUT2D eigenvalue weighted by Crippen LogP contribution is -2.42. The summed E-state index contributed by atoms with van der Waals surface area (Å²) >= 11 is 6.15. The van der Waals surface area contributed by atoms with E-state index in [2.05, 4.69) is 25.1 Å². The van der Waals surface area contributed by atoms with Gasteiger partial charge in [-0.3, -0.25) is 9.50 Å². The third-order valence-corrected chi connectivity index (χ3v) is 5.63. The van der Waals surface area contributed by atoms with Crippen LogP contribution in [0.3, 0.4) is 0 Å². The fourth-order valence-corrected chi connectivity index (χ4v) is 4.20. The number of nitrogens with one attached hydrogen (secondary N) is 1. The lowest BCUT2D eigenvalue weighted by Gasteiger charge is -2.36. The number of rotatable bonds is 3. The van der Waals surface area contributed by atoms with E-state index in [1.54, 1.807) is 24.7 Å². The summed E-state index contributed by atoms with van der Waals surface area (Å²) in [6.07, 6.45) is 7.48. The molecule has 29 heavy (non-hydrogen) atoms. The van der Waals surface area contributed by atoms with Gasteiger partial charge in [-0.2, -0.15) is 5.10 Å². The van der Waals surface area contributed by atoms with Gasteiger partial charge in [0.25, 0.3) is 0 Å². The standard InChI is InChI=1S/C20H20ClN7O/c1-12-16(7-24-26-12)13-6-15(29)11-27(9-13)19-4-5-22-20(25-19)17-8-23-18-3-2-14(21)10-28(17)18/h2-5,7-8,10,13,15,29H,6,9,11H2,1H3,(H,24,26). The first-order valence-corrected chi connectivity index (χ1v) is 9.85. The Hall–Kier alpha value is -2.97. The zero-order chi connectivity index (χ0) is 20.0. The summed E-state index contributed by atoms with van der Waals surface area (Å²) in [6.45, 7) is 3.27. The van der Waals surface area contributed by atoms with Crippen LogP contribution in [0.4, 0.5) is 5.82 Å². The van der Waals surface area contributed by atoms with Gasteiger partial charge in [-0.25, -0.2) is 15.0 Å². The molecule has 0 radical (unpaired) electrons. The molecule has 1 aliphatic heterocycles. The van der Waals surface area contributed by atoms with E-state index < -0.39 is 6.10 Å². The maximum atomic E-state index is 10.5. The molecule has 1 aliphatic rings. The second kappa shape index (κ2) is 7.13. The van der Waals surface area contributed by atoms with Crippen molar-refractivity contribution >= 4 is 23.1 Å². The lowest BCUT2D eigenvalue weighted by molar-refractivity contribution is 0.144. The summed E-state index contributed by atoms with van der Waals surface area (Å²) < 4.78 is 1.88. The molecule has 5 rings (SSSR count). The van der Waals surface area contributed by atoms with Crippen LogP contribution in [0.1, 0.15) is 23.6 Å². The number of aryl methyl sites for hydroxylation is 1. The van der Waals surface area contributed by atoms with Gasteiger partial charge in [-0.05, 0) is 37.1 Å². The van der Waals surface area contributed by atoms with E-state index in [1.165, 1.54) is 0 Å². The highest BCUT2D eigenvalue weighted by molar-refractivity contribution is 6.30. The summed E-state index contributed by atoms with van der Waals surface area (Å²) in [7, 11) is 0. The number of fused-ring (bicyclic) bond motifs is 1. The number of aliphatic hydroxyl groups excluding tert-OH is 1. The van der Waals surface area contributed by atoms with E-state index in [9.17, 15) is 5.11 Å². The van der Waals surface area contributed by atoms with Crippen molar-refractivity contribution in [3.63, 3.8) is 0 Å². The van der Waals surface area contributed by atoms with Crippen molar-refractivity contribution in [2.75, 3.05) is 18.0 Å². The number of pyridine rings is 1. The van der Waals surface area contributed by atoms with Crippen molar-refractivity contribution in [1.29, 1.82) is 0 Å². The molecule has 5 heterocycles. The van der Waals surface area contributed by atoms with Gasteiger partial charge >= 0.3 is 0 Å². The second-order valence-electron chi connectivity index (χ2n) is 7.37. The monoisotopic (exact) mass is 409 g/mol. The molecule has 2 atom stereocenters. The Balaban J connectivity index is 1.49. The highest BCUT2D eigenvalue weighted by Crippen LogP contribution is 2.31. The van der Waals surface area contributed by atoms with Crippen LogP contribution < -0.4 is 4.90 Å². The van der Waals surface area contributed by atoms with E-state index in [0.717, 1.165) is 35.0 Å². The van der Waals surface area contributed by atoms with E-state index in [4.69, 9.17) is 16.6 Å². The Morgan fingerprint density at radius 1 is 1.21 bits per heavy atom. The smallest absolute Gasteiger partial charge is 0.180 e. The third kappa shape index (κ3) is 3.34. The number of β-amino-alcohol motifs (C(OH)–C–C–N with tert-alkyl or cyclic N) is 1. The fraction of sp³-hybridized carbons (Fsp3) is 0.300. The largest absolute Gasteiger partial charge is 0.391 e. The summed E-state index contributed by atoms with van der Waals surface area (Å²) in [5, 5.41) is 18.2. The maximum Gasteiger partial charge on any atom is 0.180 e. The third-order valence-electron chi connectivity index (χ3n) is 5.40. The van der Waals surface area contributed by atoms with Crippen LogP contribution >= 0.6 is 11.6 Å².